The summed E-state index contributed by atoms with van der Waals surface area (Å²) in [5.74, 6) is 0. The molecule has 0 aliphatic carbocycles. The average Bonchev–Trinajstić information content (AvgIpc) is 2.98. The minimum Gasteiger partial charge on any atom is -0.309 e. The molecule has 0 saturated heterocycles. The molecule has 1 N–H and O–H groups in total. The van der Waals surface area contributed by atoms with E-state index < -0.39 is 0 Å². The highest BCUT2D eigenvalue weighted by atomic mass is 35.5. The first-order chi connectivity index (χ1) is 8.69. The monoisotopic (exact) mass is 299 g/mol. The van der Waals surface area contributed by atoms with E-state index in [1.165, 1.54) is 14.6 Å². The van der Waals surface area contributed by atoms with Crippen molar-refractivity contribution >= 4 is 34.3 Å². The Morgan fingerprint density at radius 2 is 1.94 bits per heavy atom. The van der Waals surface area contributed by atoms with Gasteiger partial charge in [-0.15, -0.1) is 22.7 Å². The smallest absolute Gasteiger partial charge is 0.0931 e. The molecule has 0 bridgehead atoms. The van der Waals surface area contributed by atoms with Gasteiger partial charge in [0.2, 0.25) is 0 Å². The van der Waals surface area contributed by atoms with Crippen molar-refractivity contribution in [2.24, 2.45) is 0 Å². The van der Waals surface area contributed by atoms with Gasteiger partial charge in [0.25, 0.3) is 0 Å². The van der Waals surface area contributed by atoms with E-state index in [1.807, 2.05) is 17.4 Å². The van der Waals surface area contributed by atoms with Gasteiger partial charge >= 0.3 is 0 Å². The molecule has 1 nitrogen and oxygen atoms in total. The Morgan fingerprint density at radius 1 is 1.17 bits per heavy atom. The van der Waals surface area contributed by atoms with Gasteiger partial charge in [0.1, 0.15) is 0 Å². The molecule has 0 radical (unpaired) electrons. The summed E-state index contributed by atoms with van der Waals surface area (Å²) < 4.78 is 0.879. The molecule has 0 aliphatic heterocycles. The molecule has 0 fully saturated rings. The van der Waals surface area contributed by atoms with Gasteiger partial charge in [-0.2, -0.15) is 0 Å². The molecular weight excluding hydrogens is 282 g/mol. The number of rotatable bonds is 6. The number of halogens is 1. The molecule has 1 unspecified atom stereocenters. The highest BCUT2D eigenvalue weighted by molar-refractivity contribution is 7.16. The quantitative estimate of drug-likeness (QED) is 0.798. The van der Waals surface area contributed by atoms with E-state index in [9.17, 15) is 0 Å². The second kappa shape index (κ2) is 6.71. The lowest BCUT2D eigenvalue weighted by Crippen LogP contribution is -2.20. The number of hydrogen-bond donors (Lipinski definition) is 1. The van der Waals surface area contributed by atoms with Crippen LogP contribution in [0.5, 0.6) is 0 Å². The van der Waals surface area contributed by atoms with Crippen LogP contribution in [0, 0.1) is 0 Å². The number of thiophene rings is 2. The van der Waals surface area contributed by atoms with Crippen LogP contribution in [0.2, 0.25) is 4.34 Å². The maximum absolute atomic E-state index is 5.92. The molecule has 2 aromatic rings. The van der Waals surface area contributed by atoms with Gasteiger partial charge in [0.15, 0.2) is 0 Å². The van der Waals surface area contributed by atoms with Crippen molar-refractivity contribution in [1.82, 2.24) is 5.32 Å². The summed E-state index contributed by atoms with van der Waals surface area (Å²) in [6.07, 6.45) is 2.18. The Hall–Kier alpha value is -0.350. The lowest BCUT2D eigenvalue weighted by atomic mass is 10.2. The van der Waals surface area contributed by atoms with Gasteiger partial charge in [0, 0.05) is 27.2 Å². The first-order valence-electron chi connectivity index (χ1n) is 6.25. The van der Waals surface area contributed by atoms with E-state index in [0.29, 0.717) is 6.04 Å². The van der Waals surface area contributed by atoms with Crippen molar-refractivity contribution in [2.75, 3.05) is 6.54 Å². The zero-order valence-electron chi connectivity index (χ0n) is 10.7. The molecule has 0 saturated carbocycles. The zero-order chi connectivity index (χ0) is 13.0. The third kappa shape index (κ3) is 3.82. The maximum Gasteiger partial charge on any atom is 0.0931 e. The molecule has 0 spiro atoms. The minimum atomic E-state index is 0.436. The summed E-state index contributed by atoms with van der Waals surface area (Å²) in [6, 6.07) is 8.99. The van der Waals surface area contributed by atoms with E-state index in [-0.39, 0.29) is 0 Å². The standard InChI is InChI=1S/C14H18ClNS2/c1-3-11-4-6-13(17-11)10(2)16-9-8-12-5-7-14(15)18-12/h4-7,10,16H,3,8-9H2,1-2H3. The van der Waals surface area contributed by atoms with Gasteiger partial charge in [-0.05, 0) is 44.0 Å². The predicted molar refractivity (Wildman–Crippen MR) is 83.1 cm³/mol. The lowest BCUT2D eigenvalue weighted by Gasteiger charge is -2.11. The predicted octanol–water partition coefficient (Wildman–Crippen LogP) is 4.92. The fourth-order valence-electron chi connectivity index (χ4n) is 1.82. The Bertz CT molecular complexity index is 489. The molecule has 0 aliphatic rings. The fourth-order valence-corrected chi connectivity index (χ4v) is 3.88. The summed E-state index contributed by atoms with van der Waals surface area (Å²) in [7, 11) is 0. The van der Waals surface area contributed by atoms with E-state index in [1.54, 1.807) is 11.3 Å². The summed E-state index contributed by atoms with van der Waals surface area (Å²) in [5, 5.41) is 3.57. The van der Waals surface area contributed by atoms with Crippen LogP contribution in [0.1, 0.15) is 34.5 Å². The SMILES string of the molecule is CCc1ccc(C(C)NCCc2ccc(Cl)s2)s1. The van der Waals surface area contributed by atoms with Crippen LogP contribution in [0.3, 0.4) is 0 Å². The Morgan fingerprint density at radius 3 is 2.56 bits per heavy atom. The number of aryl methyl sites for hydroxylation is 1. The zero-order valence-corrected chi connectivity index (χ0v) is 13.1. The third-order valence-corrected chi connectivity index (χ3v) is 5.61. The molecule has 98 valence electrons. The Balaban J connectivity index is 1.79. The van der Waals surface area contributed by atoms with E-state index in [4.69, 9.17) is 11.6 Å². The summed E-state index contributed by atoms with van der Waals surface area (Å²) >= 11 is 9.50. The van der Waals surface area contributed by atoms with E-state index in [0.717, 1.165) is 23.7 Å². The maximum atomic E-state index is 5.92. The van der Waals surface area contributed by atoms with Gasteiger partial charge in [0.05, 0.1) is 4.34 Å². The topological polar surface area (TPSA) is 12.0 Å². The highest BCUT2D eigenvalue weighted by Gasteiger charge is 2.07. The van der Waals surface area contributed by atoms with Crippen LogP contribution in [0.4, 0.5) is 0 Å². The van der Waals surface area contributed by atoms with Gasteiger partial charge in [-0.3, -0.25) is 0 Å². The fraction of sp³-hybridized carbons (Fsp3) is 0.429. The average molecular weight is 300 g/mol. The van der Waals surface area contributed by atoms with Crippen molar-refractivity contribution in [3.8, 4) is 0 Å². The van der Waals surface area contributed by atoms with Crippen LogP contribution in [-0.4, -0.2) is 6.54 Å². The van der Waals surface area contributed by atoms with Crippen molar-refractivity contribution in [3.63, 3.8) is 0 Å². The van der Waals surface area contributed by atoms with Crippen molar-refractivity contribution < 1.29 is 0 Å². The second-order valence-electron chi connectivity index (χ2n) is 4.29. The van der Waals surface area contributed by atoms with Crippen molar-refractivity contribution in [1.29, 1.82) is 0 Å². The lowest BCUT2D eigenvalue weighted by molar-refractivity contribution is 0.586. The van der Waals surface area contributed by atoms with Gasteiger partial charge < -0.3 is 5.32 Å². The van der Waals surface area contributed by atoms with Crippen LogP contribution in [-0.2, 0) is 12.8 Å². The number of hydrogen-bond acceptors (Lipinski definition) is 3. The molecule has 1 atom stereocenters. The molecular formula is C14H18ClNS2. The second-order valence-corrected chi connectivity index (χ2v) is 7.29. The summed E-state index contributed by atoms with van der Waals surface area (Å²) in [6.45, 7) is 5.43. The molecule has 2 heterocycles. The van der Waals surface area contributed by atoms with Gasteiger partial charge in [-0.25, -0.2) is 0 Å². The van der Waals surface area contributed by atoms with Crippen LogP contribution in [0.25, 0.3) is 0 Å². The molecule has 0 amide bonds. The van der Waals surface area contributed by atoms with E-state index in [2.05, 4.69) is 37.4 Å². The van der Waals surface area contributed by atoms with E-state index >= 15 is 0 Å². The number of nitrogens with one attached hydrogen (secondary N) is 1. The summed E-state index contributed by atoms with van der Waals surface area (Å²) in [5.41, 5.74) is 0. The van der Waals surface area contributed by atoms with Crippen molar-refractivity contribution in [2.45, 2.75) is 32.7 Å². The Kier molecular flexibility index (Phi) is 5.25. The summed E-state index contributed by atoms with van der Waals surface area (Å²) in [4.78, 5) is 4.24. The Labute approximate surface area is 122 Å². The van der Waals surface area contributed by atoms with Crippen LogP contribution < -0.4 is 5.32 Å². The highest BCUT2D eigenvalue weighted by Crippen LogP contribution is 2.24. The first kappa shape index (κ1) is 14.1. The van der Waals surface area contributed by atoms with Crippen LogP contribution >= 0.6 is 34.3 Å². The molecule has 2 aromatic heterocycles. The molecule has 2 rings (SSSR count). The molecule has 0 aromatic carbocycles. The molecule has 4 heteroatoms. The van der Waals surface area contributed by atoms with Gasteiger partial charge in [-0.1, -0.05) is 18.5 Å². The minimum absolute atomic E-state index is 0.436. The largest absolute Gasteiger partial charge is 0.309 e. The molecule has 18 heavy (non-hydrogen) atoms. The van der Waals surface area contributed by atoms with Crippen molar-refractivity contribution in [3.05, 3.63) is 43.2 Å². The van der Waals surface area contributed by atoms with Crippen LogP contribution in [0.15, 0.2) is 24.3 Å². The normalized spacial score (nSPS) is 12.8. The first-order valence-corrected chi connectivity index (χ1v) is 8.26. The third-order valence-electron chi connectivity index (χ3n) is 2.91.